The van der Waals surface area contributed by atoms with Gasteiger partial charge in [0.2, 0.25) is 5.91 Å². The van der Waals surface area contributed by atoms with E-state index < -0.39 is 5.91 Å². The van der Waals surface area contributed by atoms with Crippen LogP contribution in [-0.4, -0.2) is 25.0 Å². The minimum Gasteiger partial charge on any atom is -0.368 e. The molecule has 0 bridgehead atoms. The number of anilines is 2. The number of rotatable bonds is 6. The molecule has 21 heavy (non-hydrogen) atoms. The van der Waals surface area contributed by atoms with Crippen LogP contribution in [0.2, 0.25) is 0 Å². The van der Waals surface area contributed by atoms with E-state index in [4.69, 9.17) is 10.5 Å². The summed E-state index contributed by atoms with van der Waals surface area (Å²) in [4.78, 5) is 24.6. The van der Waals surface area contributed by atoms with Crippen LogP contribution in [0.5, 0.6) is 0 Å². The van der Waals surface area contributed by atoms with Crippen molar-refractivity contribution in [2.75, 3.05) is 18.1 Å². The zero-order valence-corrected chi connectivity index (χ0v) is 11.4. The Morgan fingerprint density at radius 2 is 1.33 bits per heavy atom. The van der Waals surface area contributed by atoms with Crippen molar-refractivity contribution in [3.63, 3.8) is 0 Å². The lowest BCUT2D eigenvalue weighted by atomic mass is 10.2. The first-order valence-corrected chi connectivity index (χ1v) is 6.47. The Kier molecular flexibility index (Phi) is 5.06. The van der Waals surface area contributed by atoms with E-state index in [1.807, 2.05) is 60.7 Å². The molecule has 0 saturated heterocycles. The fourth-order valence-electron chi connectivity index (χ4n) is 1.89. The molecule has 0 atom stereocenters. The number of hydrogen-bond acceptors (Lipinski definition) is 3. The Labute approximate surface area is 122 Å². The van der Waals surface area contributed by atoms with Crippen molar-refractivity contribution in [1.82, 2.24) is 0 Å². The van der Waals surface area contributed by atoms with Gasteiger partial charge in [-0.25, -0.2) is 0 Å². The third kappa shape index (κ3) is 4.15. The van der Waals surface area contributed by atoms with Gasteiger partial charge in [0, 0.05) is 11.4 Å². The predicted molar refractivity (Wildman–Crippen MR) is 80.0 cm³/mol. The van der Waals surface area contributed by atoms with Crippen LogP contribution < -0.4 is 10.6 Å². The van der Waals surface area contributed by atoms with Gasteiger partial charge in [-0.2, -0.15) is 0 Å². The van der Waals surface area contributed by atoms with E-state index in [2.05, 4.69) is 0 Å². The van der Waals surface area contributed by atoms with Gasteiger partial charge in [0.05, 0.1) is 0 Å². The Balaban J connectivity index is 2.21. The molecule has 108 valence electrons. The number of primary amides is 1. The average Bonchev–Trinajstić information content (AvgIpc) is 2.49. The number of benzene rings is 2. The quantitative estimate of drug-likeness (QED) is 0.880. The molecule has 2 aromatic rings. The number of carbonyl (C=O) groups excluding carboxylic acids is 2. The third-order valence-corrected chi connectivity index (χ3v) is 2.75. The molecule has 5 heteroatoms. The smallest absolute Gasteiger partial charge is 0.257 e. The van der Waals surface area contributed by atoms with Gasteiger partial charge in [-0.15, -0.1) is 0 Å². The van der Waals surface area contributed by atoms with E-state index in [1.54, 1.807) is 4.90 Å². The lowest BCUT2D eigenvalue weighted by Gasteiger charge is -2.22. The van der Waals surface area contributed by atoms with Crippen LogP contribution >= 0.6 is 0 Å². The molecule has 2 amide bonds. The Morgan fingerprint density at radius 3 is 1.76 bits per heavy atom. The molecule has 0 unspecified atom stereocenters. The van der Waals surface area contributed by atoms with Crippen LogP contribution in [0.3, 0.4) is 0 Å². The van der Waals surface area contributed by atoms with Gasteiger partial charge in [-0.1, -0.05) is 36.4 Å². The van der Waals surface area contributed by atoms with Gasteiger partial charge in [0.15, 0.2) is 0 Å². The lowest BCUT2D eigenvalue weighted by molar-refractivity contribution is -0.127. The van der Waals surface area contributed by atoms with E-state index >= 15 is 0 Å². The second-order valence-electron chi connectivity index (χ2n) is 4.36. The number of para-hydroxylation sites is 2. The monoisotopic (exact) mass is 284 g/mol. The molecule has 0 fully saturated rings. The maximum Gasteiger partial charge on any atom is 0.257 e. The normalized spacial score (nSPS) is 10.1. The zero-order chi connectivity index (χ0) is 15.1. The lowest BCUT2D eigenvalue weighted by Crippen LogP contribution is -2.31. The second kappa shape index (κ2) is 7.21. The highest BCUT2D eigenvalue weighted by atomic mass is 16.5. The summed E-state index contributed by atoms with van der Waals surface area (Å²) in [5, 5.41) is 0. The largest absolute Gasteiger partial charge is 0.368 e. The van der Waals surface area contributed by atoms with Gasteiger partial charge in [-0.3, -0.25) is 14.5 Å². The summed E-state index contributed by atoms with van der Waals surface area (Å²) in [5.41, 5.74) is 6.45. The van der Waals surface area contributed by atoms with Gasteiger partial charge < -0.3 is 10.5 Å². The summed E-state index contributed by atoms with van der Waals surface area (Å²) < 4.78 is 5.02. The van der Waals surface area contributed by atoms with Crippen molar-refractivity contribution in [3.8, 4) is 0 Å². The predicted octanol–water partition coefficient (Wildman–Crippen LogP) is 1.85. The molecular formula is C16H16N2O3. The first-order valence-electron chi connectivity index (χ1n) is 6.47. The van der Waals surface area contributed by atoms with Gasteiger partial charge in [0.1, 0.15) is 13.2 Å². The Bertz CT molecular complexity index is 560. The fraction of sp³-hybridized carbons (Fsp3) is 0.125. The molecule has 0 aliphatic carbocycles. The SMILES string of the molecule is NC(=O)COCC(=O)N(c1ccccc1)c1ccccc1. The summed E-state index contributed by atoms with van der Waals surface area (Å²) >= 11 is 0. The van der Waals surface area contributed by atoms with Crippen LogP contribution in [-0.2, 0) is 14.3 Å². The van der Waals surface area contributed by atoms with Crippen molar-refractivity contribution in [2.45, 2.75) is 0 Å². The number of amides is 2. The van der Waals surface area contributed by atoms with Gasteiger partial charge >= 0.3 is 0 Å². The van der Waals surface area contributed by atoms with E-state index in [-0.39, 0.29) is 19.1 Å². The van der Waals surface area contributed by atoms with E-state index in [0.717, 1.165) is 11.4 Å². The highest BCUT2D eigenvalue weighted by molar-refractivity contribution is 6.01. The van der Waals surface area contributed by atoms with Crippen molar-refractivity contribution < 1.29 is 14.3 Å². The van der Waals surface area contributed by atoms with Gasteiger partial charge in [-0.05, 0) is 24.3 Å². The number of carbonyl (C=O) groups is 2. The van der Waals surface area contributed by atoms with Gasteiger partial charge in [0.25, 0.3) is 5.91 Å². The molecular weight excluding hydrogens is 268 g/mol. The highest BCUT2D eigenvalue weighted by Gasteiger charge is 2.17. The molecule has 0 aliphatic heterocycles. The zero-order valence-electron chi connectivity index (χ0n) is 11.4. The number of hydrogen-bond donors (Lipinski definition) is 1. The minimum atomic E-state index is -0.603. The molecule has 0 aromatic heterocycles. The standard InChI is InChI=1S/C16H16N2O3/c17-15(19)11-21-12-16(20)18(13-7-3-1-4-8-13)14-9-5-2-6-10-14/h1-10H,11-12H2,(H2,17,19). The summed E-state index contributed by atoms with van der Waals surface area (Å²) in [7, 11) is 0. The number of nitrogens with zero attached hydrogens (tertiary/aromatic N) is 1. The molecule has 2 N–H and O–H groups in total. The van der Waals surface area contributed by atoms with Crippen molar-refractivity contribution in [3.05, 3.63) is 60.7 Å². The topological polar surface area (TPSA) is 72.6 Å². The highest BCUT2D eigenvalue weighted by Crippen LogP contribution is 2.24. The number of nitrogens with two attached hydrogens (primary N) is 1. The molecule has 2 rings (SSSR count). The molecule has 0 aliphatic rings. The number of ether oxygens (including phenoxy) is 1. The Morgan fingerprint density at radius 1 is 0.857 bits per heavy atom. The van der Waals surface area contributed by atoms with Crippen LogP contribution in [0.1, 0.15) is 0 Å². The van der Waals surface area contributed by atoms with Crippen LogP contribution in [0.15, 0.2) is 60.7 Å². The Hall–Kier alpha value is -2.66. The summed E-state index contributed by atoms with van der Waals surface area (Å²) in [6, 6.07) is 18.5. The first-order chi connectivity index (χ1) is 10.2. The maximum atomic E-state index is 12.4. The van der Waals surface area contributed by atoms with Crippen LogP contribution in [0.25, 0.3) is 0 Å². The molecule has 0 heterocycles. The molecule has 0 saturated carbocycles. The molecule has 0 spiro atoms. The van der Waals surface area contributed by atoms with E-state index in [1.165, 1.54) is 0 Å². The van der Waals surface area contributed by atoms with Crippen molar-refractivity contribution >= 4 is 23.2 Å². The summed E-state index contributed by atoms with van der Waals surface area (Å²) in [6.45, 7) is -0.490. The maximum absolute atomic E-state index is 12.4. The second-order valence-corrected chi connectivity index (χ2v) is 4.36. The van der Waals surface area contributed by atoms with Crippen LogP contribution in [0.4, 0.5) is 11.4 Å². The molecule has 5 nitrogen and oxygen atoms in total. The van der Waals surface area contributed by atoms with Crippen molar-refractivity contribution in [2.24, 2.45) is 5.73 Å². The first kappa shape index (κ1) is 14.7. The fourth-order valence-corrected chi connectivity index (χ4v) is 1.89. The minimum absolute atomic E-state index is 0.216. The molecule has 0 radical (unpaired) electrons. The van der Waals surface area contributed by atoms with Crippen molar-refractivity contribution in [1.29, 1.82) is 0 Å². The summed E-state index contributed by atoms with van der Waals surface area (Å²) in [5.74, 6) is -0.873. The molecule has 2 aromatic carbocycles. The van der Waals surface area contributed by atoms with Crippen LogP contribution in [0, 0.1) is 0 Å². The third-order valence-electron chi connectivity index (χ3n) is 2.75. The van der Waals surface area contributed by atoms with E-state index in [0.29, 0.717) is 0 Å². The van der Waals surface area contributed by atoms with E-state index in [9.17, 15) is 9.59 Å². The summed E-state index contributed by atoms with van der Waals surface area (Å²) in [6.07, 6.45) is 0. The average molecular weight is 284 g/mol.